The molecule has 1 saturated heterocycles. The maximum atomic E-state index is 12.4. The van der Waals surface area contributed by atoms with Gasteiger partial charge in [-0.15, -0.1) is 0 Å². The highest BCUT2D eigenvalue weighted by atomic mass is 32.2. The second-order valence-electron chi connectivity index (χ2n) is 4.92. The molecule has 21 heavy (non-hydrogen) atoms. The molecule has 1 heterocycles. The van der Waals surface area contributed by atoms with Crippen molar-refractivity contribution in [3.8, 4) is 5.75 Å². The van der Waals surface area contributed by atoms with Gasteiger partial charge in [0, 0.05) is 38.4 Å². The molecule has 2 rings (SSSR count). The van der Waals surface area contributed by atoms with Gasteiger partial charge in [0.25, 0.3) is 0 Å². The lowest BCUT2D eigenvalue weighted by Gasteiger charge is -2.26. The highest BCUT2D eigenvalue weighted by molar-refractivity contribution is 7.89. The summed E-state index contributed by atoms with van der Waals surface area (Å²) in [6.45, 7) is 1.06. The van der Waals surface area contributed by atoms with Crippen molar-refractivity contribution in [3.63, 3.8) is 0 Å². The fraction of sp³-hybridized carbons (Fsp3) is 0.538. The van der Waals surface area contributed by atoms with Gasteiger partial charge in [0.15, 0.2) is 0 Å². The molecule has 1 aromatic carbocycles. The summed E-state index contributed by atoms with van der Waals surface area (Å²) in [6.07, 6.45) is 0.644. The molecule has 118 valence electrons. The molecule has 0 aliphatic carbocycles. The van der Waals surface area contributed by atoms with Gasteiger partial charge in [-0.1, -0.05) is 0 Å². The Morgan fingerprint density at radius 1 is 1.43 bits per heavy atom. The largest absolute Gasteiger partial charge is 0.495 e. The summed E-state index contributed by atoms with van der Waals surface area (Å²) in [5, 5.41) is 0. The van der Waals surface area contributed by atoms with Crippen LogP contribution >= 0.6 is 0 Å². The number of benzene rings is 1. The second-order valence-corrected chi connectivity index (χ2v) is 6.66. The summed E-state index contributed by atoms with van der Waals surface area (Å²) < 4.78 is 43.1. The Balaban J connectivity index is 2.19. The Bertz CT molecular complexity index is 597. The zero-order valence-corrected chi connectivity index (χ0v) is 12.9. The van der Waals surface area contributed by atoms with Crippen molar-refractivity contribution in [2.45, 2.75) is 16.9 Å². The van der Waals surface area contributed by atoms with Crippen molar-refractivity contribution < 1.29 is 22.6 Å². The standard InChI is InChI=1S/C13H20N2O5S/c1-18-11-7-10(14)3-4-12(11)21(16,17)15-8-13(19-2)5-6-20-9-13/h3-4,7,15H,5-6,8-9,14H2,1-2H3. The van der Waals surface area contributed by atoms with Gasteiger partial charge in [0.1, 0.15) is 16.2 Å². The lowest BCUT2D eigenvalue weighted by molar-refractivity contribution is -0.0120. The molecule has 0 saturated carbocycles. The van der Waals surface area contributed by atoms with Gasteiger partial charge in [-0.3, -0.25) is 0 Å². The van der Waals surface area contributed by atoms with Crippen molar-refractivity contribution in [3.05, 3.63) is 18.2 Å². The number of nitrogens with one attached hydrogen (secondary N) is 1. The Kier molecular flexibility index (Phi) is 4.72. The fourth-order valence-electron chi connectivity index (χ4n) is 2.17. The van der Waals surface area contributed by atoms with E-state index in [0.29, 0.717) is 25.3 Å². The van der Waals surface area contributed by atoms with E-state index in [1.165, 1.54) is 25.3 Å². The number of hydrogen-bond acceptors (Lipinski definition) is 6. The lowest BCUT2D eigenvalue weighted by atomic mass is 10.0. The summed E-state index contributed by atoms with van der Waals surface area (Å²) in [5.41, 5.74) is 5.45. The van der Waals surface area contributed by atoms with Gasteiger partial charge >= 0.3 is 0 Å². The molecule has 1 aliphatic rings. The number of methoxy groups -OCH3 is 2. The predicted octanol–water partition coefficient (Wildman–Crippen LogP) is 0.361. The Morgan fingerprint density at radius 3 is 2.76 bits per heavy atom. The predicted molar refractivity (Wildman–Crippen MR) is 77.8 cm³/mol. The van der Waals surface area contributed by atoms with Crippen molar-refractivity contribution in [1.29, 1.82) is 0 Å². The van der Waals surface area contributed by atoms with Crippen molar-refractivity contribution >= 4 is 15.7 Å². The van der Waals surface area contributed by atoms with E-state index in [2.05, 4.69) is 4.72 Å². The van der Waals surface area contributed by atoms with Gasteiger partial charge in [0.2, 0.25) is 10.0 Å². The van der Waals surface area contributed by atoms with Gasteiger partial charge in [-0.25, -0.2) is 13.1 Å². The van der Waals surface area contributed by atoms with Crippen molar-refractivity contribution in [1.82, 2.24) is 4.72 Å². The van der Waals surface area contributed by atoms with E-state index in [1.54, 1.807) is 7.11 Å². The molecular weight excluding hydrogens is 296 g/mol. The maximum absolute atomic E-state index is 12.4. The topological polar surface area (TPSA) is 99.9 Å². The molecule has 7 nitrogen and oxygen atoms in total. The third-order valence-electron chi connectivity index (χ3n) is 3.56. The molecule has 1 aliphatic heterocycles. The molecule has 0 spiro atoms. The number of ether oxygens (including phenoxy) is 3. The van der Waals surface area contributed by atoms with E-state index in [0.717, 1.165) is 0 Å². The minimum absolute atomic E-state index is 0.0457. The maximum Gasteiger partial charge on any atom is 0.244 e. The van der Waals surface area contributed by atoms with Crippen LogP contribution in [0.15, 0.2) is 23.1 Å². The van der Waals surface area contributed by atoms with E-state index >= 15 is 0 Å². The van der Waals surface area contributed by atoms with Gasteiger partial charge < -0.3 is 19.9 Å². The number of nitrogen functional groups attached to an aromatic ring is 1. The average Bonchev–Trinajstić information content (AvgIpc) is 2.94. The van der Waals surface area contributed by atoms with Crippen LogP contribution in [0.1, 0.15) is 6.42 Å². The number of rotatable bonds is 6. The zero-order chi connectivity index (χ0) is 15.5. The third-order valence-corrected chi connectivity index (χ3v) is 5.00. The number of anilines is 1. The second kappa shape index (κ2) is 6.18. The first-order chi connectivity index (χ1) is 9.92. The first-order valence-corrected chi connectivity index (χ1v) is 7.97. The van der Waals surface area contributed by atoms with Crippen LogP contribution in [0.2, 0.25) is 0 Å². The normalized spacial score (nSPS) is 22.4. The summed E-state index contributed by atoms with van der Waals surface area (Å²) in [6, 6.07) is 4.41. The molecule has 1 aromatic rings. The van der Waals surface area contributed by atoms with E-state index in [1.807, 2.05) is 0 Å². The highest BCUT2D eigenvalue weighted by Gasteiger charge is 2.36. The Labute approximate surface area is 124 Å². The molecule has 1 fully saturated rings. The first kappa shape index (κ1) is 16.0. The minimum atomic E-state index is -3.72. The van der Waals surface area contributed by atoms with Crippen molar-refractivity contribution in [2.24, 2.45) is 0 Å². The van der Waals surface area contributed by atoms with Crippen LogP contribution in [0, 0.1) is 0 Å². The number of hydrogen-bond donors (Lipinski definition) is 2. The number of nitrogens with two attached hydrogens (primary N) is 1. The van der Waals surface area contributed by atoms with Crippen LogP contribution in [-0.4, -0.2) is 48.0 Å². The molecule has 0 bridgehead atoms. The van der Waals surface area contributed by atoms with Gasteiger partial charge in [-0.2, -0.15) is 0 Å². The highest BCUT2D eigenvalue weighted by Crippen LogP contribution is 2.27. The SMILES string of the molecule is COc1cc(N)ccc1S(=O)(=O)NCC1(OC)CCOC1. The van der Waals surface area contributed by atoms with Crippen LogP contribution < -0.4 is 15.2 Å². The Morgan fingerprint density at radius 2 is 2.19 bits per heavy atom. The van der Waals surface area contributed by atoms with Gasteiger partial charge in [-0.05, 0) is 12.1 Å². The summed E-state index contributed by atoms with van der Waals surface area (Å²) in [4.78, 5) is 0.0457. The van der Waals surface area contributed by atoms with E-state index < -0.39 is 15.6 Å². The minimum Gasteiger partial charge on any atom is -0.495 e. The van der Waals surface area contributed by atoms with Gasteiger partial charge in [0.05, 0.1) is 13.7 Å². The summed E-state index contributed by atoms with van der Waals surface area (Å²) >= 11 is 0. The first-order valence-electron chi connectivity index (χ1n) is 6.48. The average molecular weight is 316 g/mol. The molecule has 3 N–H and O–H groups in total. The Hall–Kier alpha value is -1.35. The van der Waals surface area contributed by atoms with Crippen molar-refractivity contribution in [2.75, 3.05) is 39.7 Å². The monoisotopic (exact) mass is 316 g/mol. The molecule has 0 aromatic heterocycles. The molecule has 1 unspecified atom stereocenters. The smallest absolute Gasteiger partial charge is 0.244 e. The zero-order valence-electron chi connectivity index (χ0n) is 12.1. The number of sulfonamides is 1. The molecule has 8 heteroatoms. The van der Waals surface area contributed by atoms with E-state index in [9.17, 15) is 8.42 Å². The lowest BCUT2D eigenvalue weighted by Crippen LogP contribution is -2.44. The molecule has 0 amide bonds. The van der Waals surface area contributed by atoms with E-state index in [4.69, 9.17) is 19.9 Å². The van der Waals surface area contributed by atoms with Crippen LogP contribution in [0.3, 0.4) is 0 Å². The van der Waals surface area contributed by atoms with Crippen LogP contribution in [0.4, 0.5) is 5.69 Å². The quantitative estimate of drug-likeness (QED) is 0.735. The molecular formula is C13H20N2O5S. The fourth-order valence-corrected chi connectivity index (χ4v) is 3.43. The third kappa shape index (κ3) is 3.46. The summed E-state index contributed by atoms with van der Waals surface area (Å²) in [7, 11) is -0.775. The van der Waals surface area contributed by atoms with Crippen LogP contribution in [0.25, 0.3) is 0 Å². The van der Waals surface area contributed by atoms with E-state index in [-0.39, 0.29) is 17.2 Å². The molecule has 1 atom stereocenters. The molecule has 0 radical (unpaired) electrons. The summed E-state index contributed by atoms with van der Waals surface area (Å²) in [5.74, 6) is 0.205. The van der Waals surface area contributed by atoms with Crippen LogP contribution in [-0.2, 0) is 19.5 Å². The van der Waals surface area contributed by atoms with Crippen LogP contribution in [0.5, 0.6) is 5.75 Å².